The second-order valence-corrected chi connectivity index (χ2v) is 6.12. The van der Waals surface area contributed by atoms with E-state index in [1.807, 2.05) is 0 Å². The fourth-order valence-corrected chi connectivity index (χ4v) is 3.15. The van der Waals surface area contributed by atoms with Crippen molar-refractivity contribution in [2.45, 2.75) is 65.3 Å². The third-order valence-corrected chi connectivity index (χ3v) is 4.36. The summed E-state index contributed by atoms with van der Waals surface area (Å²) < 4.78 is 0. The smallest absolute Gasteiger partial charge is 0.0113 e. The van der Waals surface area contributed by atoms with Crippen LogP contribution in [0.15, 0.2) is 30.3 Å². The molecule has 0 amide bonds. The lowest BCUT2D eigenvalue weighted by molar-refractivity contribution is 0.327. The molecule has 19 heavy (non-hydrogen) atoms. The molecule has 4 atom stereocenters. The Bertz CT molecular complexity index is 333. The van der Waals surface area contributed by atoms with E-state index in [1.165, 1.54) is 24.8 Å². The zero-order valence-corrected chi connectivity index (χ0v) is 13.1. The first kappa shape index (κ1) is 16.2. The molecule has 0 fully saturated rings. The fourth-order valence-electron chi connectivity index (χ4n) is 3.15. The van der Waals surface area contributed by atoms with Crippen molar-refractivity contribution >= 4 is 0 Å². The molecule has 0 spiro atoms. The normalized spacial score (nSPS) is 17.7. The van der Waals surface area contributed by atoms with Crippen molar-refractivity contribution < 1.29 is 0 Å². The van der Waals surface area contributed by atoms with Crippen molar-refractivity contribution in [1.29, 1.82) is 0 Å². The quantitative estimate of drug-likeness (QED) is 0.702. The van der Waals surface area contributed by atoms with Crippen molar-refractivity contribution in [1.82, 2.24) is 0 Å². The van der Waals surface area contributed by atoms with Crippen LogP contribution in [0.4, 0.5) is 0 Å². The Kier molecular flexibility index (Phi) is 7.15. The molecule has 1 nitrogen and oxygen atoms in total. The maximum Gasteiger partial charge on any atom is 0.0113 e. The van der Waals surface area contributed by atoms with Gasteiger partial charge >= 0.3 is 0 Å². The highest BCUT2D eigenvalue weighted by Crippen LogP contribution is 2.32. The second-order valence-electron chi connectivity index (χ2n) is 6.12. The summed E-state index contributed by atoms with van der Waals surface area (Å²) in [5.41, 5.74) is 7.97. The molecule has 0 saturated heterocycles. The standard InChI is InChI=1S/C18H31N/c1-5-10-14(3)13-17(19)18(15(4)6-2)16-11-8-7-9-12-16/h7-9,11-12,14-15,17-18H,5-6,10,13,19H2,1-4H3. The van der Waals surface area contributed by atoms with Crippen LogP contribution in [0.2, 0.25) is 0 Å². The third-order valence-electron chi connectivity index (χ3n) is 4.36. The fraction of sp³-hybridized carbons (Fsp3) is 0.667. The van der Waals surface area contributed by atoms with Crippen molar-refractivity contribution in [2.75, 3.05) is 0 Å². The van der Waals surface area contributed by atoms with Gasteiger partial charge in [-0.15, -0.1) is 0 Å². The molecule has 0 radical (unpaired) electrons. The highest BCUT2D eigenvalue weighted by Gasteiger charge is 2.25. The summed E-state index contributed by atoms with van der Waals surface area (Å²) >= 11 is 0. The summed E-state index contributed by atoms with van der Waals surface area (Å²) in [4.78, 5) is 0. The van der Waals surface area contributed by atoms with Crippen LogP contribution >= 0.6 is 0 Å². The molecular weight excluding hydrogens is 230 g/mol. The molecule has 0 saturated carbocycles. The molecule has 0 bridgehead atoms. The minimum atomic E-state index is 0.277. The van der Waals surface area contributed by atoms with Gasteiger partial charge in [0.1, 0.15) is 0 Å². The van der Waals surface area contributed by atoms with Gasteiger partial charge in [0.2, 0.25) is 0 Å². The second kappa shape index (κ2) is 8.37. The molecule has 0 aliphatic rings. The monoisotopic (exact) mass is 261 g/mol. The summed E-state index contributed by atoms with van der Waals surface area (Å²) in [5.74, 6) is 1.87. The van der Waals surface area contributed by atoms with Gasteiger partial charge in [0.05, 0.1) is 0 Å². The Morgan fingerprint density at radius 3 is 2.21 bits per heavy atom. The number of benzene rings is 1. The van der Waals surface area contributed by atoms with Gasteiger partial charge in [-0.2, -0.15) is 0 Å². The lowest BCUT2D eigenvalue weighted by Gasteiger charge is -2.31. The third kappa shape index (κ3) is 4.99. The van der Waals surface area contributed by atoms with E-state index in [4.69, 9.17) is 5.73 Å². The van der Waals surface area contributed by atoms with E-state index in [0.29, 0.717) is 11.8 Å². The minimum absolute atomic E-state index is 0.277. The van der Waals surface area contributed by atoms with Gasteiger partial charge in [-0.1, -0.05) is 77.3 Å². The molecule has 1 heteroatoms. The number of hydrogen-bond acceptors (Lipinski definition) is 1. The lowest BCUT2D eigenvalue weighted by Crippen LogP contribution is -2.34. The average Bonchev–Trinajstić information content (AvgIpc) is 2.40. The topological polar surface area (TPSA) is 26.0 Å². The van der Waals surface area contributed by atoms with Crippen LogP contribution in [-0.2, 0) is 0 Å². The first-order chi connectivity index (χ1) is 9.10. The largest absolute Gasteiger partial charge is 0.327 e. The summed E-state index contributed by atoms with van der Waals surface area (Å²) in [6.45, 7) is 9.19. The summed E-state index contributed by atoms with van der Waals surface area (Å²) in [7, 11) is 0. The minimum Gasteiger partial charge on any atom is -0.327 e. The zero-order chi connectivity index (χ0) is 14.3. The number of hydrogen-bond donors (Lipinski definition) is 1. The molecule has 1 aromatic carbocycles. The van der Waals surface area contributed by atoms with Crippen LogP contribution in [0, 0.1) is 11.8 Å². The summed E-state index contributed by atoms with van der Waals surface area (Å²) in [5, 5.41) is 0. The van der Waals surface area contributed by atoms with Crippen LogP contribution in [0.1, 0.15) is 64.9 Å². The molecule has 0 heterocycles. The first-order valence-corrected chi connectivity index (χ1v) is 7.90. The van der Waals surface area contributed by atoms with Crippen LogP contribution < -0.4 is 5.73 Å². The van der Waals surface area contributed by atoms with Crippen molar-refractivity contribution in [2.24, 2.45) is 17.6 Å². The maximum absolute atomic E-state index is 6.56. The lowest BCUT2D eigenvalue weighted by atomic mass is 9.77. The highest BCUT2D eigenvalue weighted by molar-refractivity contribution is 5.22. The Morgan fingerprint density at radius 2 is 1.68 bits per heavy atom. The highest BCUT2D eigenvalue weighted by atomic mass is 14.7. The first-order valence-electron chi connectivity index (χ1n) is 7.90. The van der Waals surface area contributed by atoms with Crippen molar-refractivity contribution in [3.63, 3.8) is 0 Å². The average molecular weight is 261 g/mol. The van der Waals surface area contributed by atoms with Crippen LogP contribution in [0.5, 0.6) is 0 Å². The van der Waals surface area contributed by atoms with Gasteiger partial charge in [0.15, 0.2) is 0 Å². The molecule has 1 aromatic rings. The van der Waals surface area contributed by atoms with E-state index in [1.54, 1.807) is 0 Å². The van der Waals surface area contributed by atoms with Gasteiger partial charge in [-0.3, -0.25) is 0 Å². The van der Waals surface area contributed by atoms with Crippen LogP contribution in [0.25, 0.3) is 0 Å². The van der Waals surface area contributed by atoms with Crippen molar-refractivity contribution in [3.8, 4) is 0 Å². The maximum atomic E-state index is 6.56. The molecule has 2 N–H and O–H groups in total. The molecular formula is C18H31N. The Hall–Kier alpha value is -0.820. The van der Waals surface area contributed by atoms with E-state index in [2.05, 4.69) is 58.0 Å². The molecule has 0 aliphatic heterocycles. The van der Waals surface area contributed by atoms with Gasteiger partial charge in [-0.05, 0) is 23.8 Å². The summed E-state index contributed by atoms with van der Waals surface area (Å²) in [6, 6.07) is 11.1. The van der Waals surface area contributed by atoms with Gasteiger partial charge in [0.25, 0.3) is 0 Å². The van der Waals surface area contributed by atoms with Gasteiger partial charge in [-0.25, -0.2) is 0 Å². The summed E-state index contributed by atoms with van der Waals surface area (Å²) in [6.07, 6.45) is 4.87. The molecule has 4 unspecified atom stereocenters. The number of rotatable bonds is 8. The molecule has 0 aliphatic carbocycles. The molecule has 108 valence electrons. The van der Waals surface area contributed by atoms with E-state index in [9.17, 15) is 0 Å². The molecule has 0 aromatic heterocycles. The Balaban J connectivity index is 2.80. The molecule has 1 rings (SSSR count). The van der Waals surface area contributed by atoms with E-state index < -0.39 is 0 Å². The Morgan fingerprint density at radius 1 is 1.05 bits per heavy atom. The van der Waals surface area contributed by atoms with Crippen LogP contribution in [0.3, 0.4) is 0 Å². The van der Waals surface area contributed by atoms with Crippen LogP contribution in [-0.4, -0.2) is 6.04 Å². The van der Waals surface area contributed by atoms with Gasteiger partial charge in [0, 0.05) is 12.0 Å². The van der Waals surface area contributed by atoms with Gasteiger partial charge < -0.3 is 5.73 Å². The SMILES string of the molecule is CCCC(C)CC(N)C(c1ccccc1)C(C)CC. The van der Waals surface area contributed by atoms with E-state index in [-0.39, 0.29) is 6.04 Å². The van der Waals surface area contributed by atoms with E-state index in [0.717, 1.165) is 12.3 Å². The number of nitrogens with two attached hydrogens (primary N) is 1. The van der Waals surface area contributed by atoms with Crippen molar-refractivity contribution in [3.05, 3.63) is 35.9 Å². The van der Waals surface area contributed by atoms with E-state index >= 15 is 0 Å². The Labute approximate surface area is 119 Å². The predicted octanol–water partition coefficient (Wildman–Crippen LogP) is 4.97. The predicted molar refractivity (Wildman–Crippen MR) is 85.3 cm³/mol. The zero-order valence-electron chi connectivity index (χ0n) is 13.1.